The van der Waals surface area contributed by atoms with Crippen molar-refractivity contribution in [3.05, 3.63) is 18.5 Å². The minimum atomic E-state index is -0.419. The highest BCUT2D eigenvalue weighted by atomic mass is 16.7. The summed E-state index contributed by atoms with van der Waals surface area (Å²) in [5.41, 5.74) is 0.864. The van der Waals surface area contributed by atoms with Gasteiger partial charge in [-0.05, 0) is 73.3 Å². The molecule has 0 bridgehead atoms. The minimum absolute atomic E-state index is 0.0969. The Bertz CT molecular complexity index is 721. The quantitative estimate of drug-likeness (QED) is 0.569. The van der Waals surface area contributed by atoms with Gasteiger partial charge in [0.05, 0.1) is 23.1 Å². The predicted octanol–water partition coefficient (Wildman–Crippen LogP) is 3.33. The fraction of sp³-hybridized carbons (Fsp3) is 0.727. The van der Waals surface area contributed by atoms with Crippen LogP contribution in [0.15, 0.2) is 18.5 Å². The zero-order valence-electron chi connectivity index (χ0n) is 18.9. The molecule has 2 fully saturated rings. The highest BCUT2D eigenvalue weighted by Crippen LogP contribution is 2.36. The van der Waals surface area contributed by atoms with Crippen LogP contribution in [-0.2, 0) is 18.8 Å². The van der Waals surface area contributed by atoms with Crippen LogP contribution in [0.2, 0.25) is 0 Å². The number of piperidine rings is 1. The van der Waals surface area contributed by atoms with Crippen LogP contribution < -0.4 is 10.4 Å². The molecule has 0 N–H and O–H groups in total. The van der Waals surface area contributed by atoms with Gasteiger partial charge in [0, 0.05) is 31.2 Å². The lowest BCUT2D eigenvalue weighted by Crippen LogP contribution is -2.41. The van der Waals surface area contributed by atoms with E-state index in [9.17, 15) is 4.79 Å². The van der Waals surface area contributed by atoms with Crippen molar-refractivity contribution in [1.29, 1.82) is 0 Å². The summed E-state index contributed by atoms with van der Waals surface area (Å²) in [5.74, 6) is 0.278. The highest BCUT2D eigenvalue weighted by Gasteiger charge is 2.51. The number of anilines is 1. The van der Waals surface area contributed by atoms with Crippen molar-refractivity contribution in [3.63, 3.8) is 0 Å². The summed E-state index contributed by atoms with van der Waals surface area (Å²) >= 11 is 0. The average molecular weight is 402 g/mol. The minimum Gasteiger partial charge on any atom is -0.460 e. The van der Waals surface area contributed by atoms with Crippen molar-refractivity contribution in [2.75, 3.05) is 18.0 Å². The number of ether oxygens (including phenoxy) is 1. The summed E-state index contributed by atoms with van der Waals surface area (Å²) in [6, 6.07) is 2.11. The second kappa shape index (κ2) is 7.91. The molecule has 2 saturated heterocycles. The molecule has 29 heavy (non-hydrogen) atoms. The Balaban J connectivity index is 1.58. The first-order valence-electron chi connectivity index (χ1n) is 10.6. The van der Waals surface area contributed by atoms with Gasteiger partial charge in [-0.3, -0.25) is 9.78 Å². The third-order valence-corrected chi connectivity index (χ3v) is 6.13. The fourth-order valence-electron chi connectivity index (χ4n) is 3.74. The van der Waals surface area contributed by atoms with E-state index in [-0.39, 0.29) is 17.2 Å². The topological polar surface area (TPSA) is 60.9 Å². The first-order chi connectivity index (χ1) is 13.4. The molecule has 0 atom stereocenters. The van der Waals surface area contributed by atoms with Crippen LogP contribution in [0.3, 0.4) is 0 Å². The monoisotopic (exact) mass is 402 g/mol. The molecule has 0 saturated carbocycles. The van der Waals surface area contributed by atoms with Crippen molar-refractivity contribution in [3.8, 4) is 0 Å². The van der Waals surface area contributed by atoms with Crippen LogP contribution in [0, 0.1) is 5.92 Å². The number of carbonyl (C=O) groups is 1. The number of pyridine rings is 1. The smallest absolute Gasteiger partial charge is 0.460 e. The Morgan fingerprint density at radius 3 is 2.31 bits per heavy atom. The second-order valence-corrected chi connectivity index (χ2v) is 10.3. The van der Waals surface area contributed by atoms with Gasteiger partial charge in [0.15, 0.2) is 0 Å². The summed E-state index contributed by atoms with van der Waals surface area (Å²) in [5, 5.41) is 0. The zero-order valence-corrected chi connectivity index (χ0v) is 18.9. The number of rotatable bonds is 4. The lowest BCUT2D eigenvalue weighted by Gasteiger charge is -2.33. The number of carbonyl (C=O) groups excluding carboxylic acids is 1. The van der Waals surface area contributed by atoms with Gasteiger partial charge < -0.3 is 18.9 Å². The average Bonchev–Trinajstić information content (AvgIpc) is 2.82. The molecule has 0 spiro atoms. The van der Waals surface area contributed by atoms with E-state index in [1.54, 1.807) is 0 Å². The van der Waals surface area contributed by atoms with Crippen LogP contribution in [0.25, 0.3) is 0 Å². The SMILES string of the molecule is CC(C)(C)OC(=O)CC1CCN(c2cncc(B3OC(C)(C)C(C)(C)O3)c2)CC1. The number of hydrogen-bond acceptors (Lipinski definition) is 6. The molecule has 1 aromatic rings. The van der Waals surface area contributed by atoms with E-state index in [1.807, 2.05) is 33.2 Å². The molecule has 6 nitrogen and oxygen atoms in total. The number of aromatic nitrogens is 1. The van der Waals surface area contributed by atoms with Crippen LogP contribution in [0.1, 0.15) is 67.7 Å². The molecule has 160 valence electrons. The van der Waals surface area contributed by atoms with Crippen molar-refractivity contribution >= 4 is 24.2 Å². The van der Waals surface area contributed by atoms with E-state index in [1.165, 1.54) is 0 Å². The summed E-state index contributed by atoms with van der Waals surface area (Å²) in [4.78, 5) is 18.9. The number of nitrogens with zero attached hydrogens (tertiary/aromatic N) is 2. The van der Waals surface area contributed by atoms with Crippen LogP contribution in [-0.4, -0.2) is 48.0 Å². The van der Waals surface area contributed by atoms with Gasteiger partial charge in [-0.1, -0.05) is 0 Å². The van der Waals surface area contributed by atoms with Crippen molar-refractivity contribution in [2.24, 2.45) is 5.92 Å². The summed E-state index contributed by atoms with van der Waals surface area (Å²) in [7, 11) is -0.405. The Morgan fingerprint density at radius 2 is 1.76 bits per heavy atom. The lowest BCUT2D eigenvalue weighted by molar-refractivity contribution is -0.156. The van der Waals surface area contributed by atoms with Crippen LogP contribution in [0.5, 0.6) is 0 Å². The molecular weight excluding hydrogens is 367 g/mol. The first-order valence-corrected chi connectivity index (χ1v) is 10.6. The molecule has 0 amide bonds. The predicted molar refractivity (Wildman–Crippen MR) is 115 cm³/mol. The van der Waals surface area contributed by atoms with Gasteiger partial charge in [-0.25, -0.2) is 0 Å². The van der Waals surface area contributed by atoms with E-state index in [2.05, 4.69) is 43.6 Å². The van der Waals surface area contributed by atoms with E-state index in [4.69, 9.17) is 14.0 Å². The molecule has 2 aliphatic heterocycles. The molecule has 3 rings (SSSR count). The van der Waals surface area contributed by atoms with Gasteiger partial charge in [0.2, 0.25) is 0 Å². The standard InChI is InChI=1S/C22H35BN2O4/c1-20(2,3)27-19(26)12-16-8-10-25(11-9-16)18-13-17(14-24-15-18)23-28-21(4,5)22(6,7)29-23/h13-16H,8-12H2,1-7H3. The summed E-state index contributed by atoms with van der Waals surface area (Å²) in [6.07, 6.45) is 6.15. The van der Waals surface area contributed by atoms with E-state index < -0.39 is 12.7 Å². The van der Waals surface area contributed by atoms with Gasteiger partial charge in [-0.15, -0.1) is 0 Å². The zero-order chi connectivity index (χ0) is 21.4. The molecule has 7 heteroatoms. The van der Waals surface area contributed by atoms with E-state index in [0.717, 1.165) is 37.1 Å². The molecule has 2 aliphatic rings. The Hall–Kier alpha value is -1.60. The van der Waals surface area contributed by atoms with Crippen molar-refractivity contribution in [2.45, 2.75) is 84.5 Å². The van der Waals surface area contributed by atoms with Gasteiger partial charge in [0.1, 0.15) is 5.60 Å². The van der Waals surface area contributed by atoms with E-state index >= 15 is 0 Å². The first kappa shape index (κ1) is 22.1. The largest absolute Gasteiger partial charge is 0.496 e. The van der Waals surface area contributed by atoms with Gasteiger partial charge in [0.25, 0.3) is 0 Å². The van der Waals surface area contributed by atoms with Crippen LogP contribution >= 0.6 is 0 Å². The molecular formula is C22H35BN2O4. The third kappa shape index (κ3) is 5.31. The fourth-order valence-corrected chi connectivity index (χ4v) is 3.74. The maximum absolute atomic E-state index is 12.1. The molecule has 0 radical (unpaired) electrons. The number of hydrogen-bond donors (Lipinski definition) is 0. The molecule has 1 aromatic heterocycles. The van der Waals surface area contributed by atoms with Gasteiger partial charge >= 0.3 is 13.1 Å². The Morgan fingerprint density at radius 1 is 1.17 bits per heavy atom. The van der Waals surface area contributed by atoms with Crippen LogP contribution in [0.4, 0.5) is 5.69 Å². The normalized spacial score (nSPS) is 22.0. The second-order valence-electron chi connectivity index (χ2n) is 10.3. The molecule has 0 aliphatic carbocycles. The lowest BCUT2D eigenvalue weighted by atomic mass is 9.80. The van der Waals surface area contributed by atoms with Gasteiger partial charge in [-0.2, -0.15) is 0 Å². The third-order valence-electron chi connectivity index (χ3n) is 6.13. The maximum Gasteiger partial charge on any atom is 0.496 e. The maximum atomic E-state index is 12.1. The number of esters is 1. The Labute approximate surface area is 175 Å². The van der Waals surface area contributed by atoms with E-state index in [0.29, 0.717) is 12.3 Å². The van der Waals surface area contributed by atoms with Crippen molar-refractivity contribution < 1.29 is 18.8 Å². The summed E-state index contributed by atoms with van der Waals surface area (Å²) < 4.78 is 17.8. The molecule has 0 aromatic carbocycles. The van der Waals surface area contributed by atoms with Crippen molar-refractivity contribution in [1.82, 2.24) is 4.98 Å². The summed E-state index contributed by atoms with van der Waals surface area (Å²) in [6.45, 7) is 15.8. The highest BCUT2D eigenvalue weighted by molar-refractivity contribution is 6.62. The Kier molecular flexibility index (Phi) is 6.03. The molecule has 3 heterocycles. The molecule has 0 unspecified atom stereocenters.